The summed E-state index contributed by atoms with van der Waals surface area (Å²) in [5.41, 5.74) is -1.02. The maximum Gasteiger partial charge on any atom is 0.416 e. The van der Waals surface area contributed by atoms with Gasteiger partial charge in [0.25, 0.3) is 0 Å². The minimum absolute atomic E-state index is 0.0925. The Morgan fingerprint density at radius 3 is 2.56 bits per heavy atom. The Bertz CT molecular complexity index is 453. The molecule has 0 saturated heterocycles. The Balaban J connectivity index is 3.27. The third-order valence-corrected chi connectivity index (χ3v) is 2.39. The average molecular weight is 296 g/mol. The first-order valence-corrected chi connectivity index (χ1v) is 4.77. The summed E-state index contributed by atoms with van der Waals surface area (Å²) < 4.78 is 37.1. The van der Waals surface area contributed by atoms with Crippen LogP contribution in [0.4, 0.5) is 13.2 Å². The number of nitrogens with zero attached hydrogens (tertiary/aromatic N) is 1. The van der Waals surface area contributed by atoms with E-state index >= 15 is 0 Å². The fourth-order valence-electron chi connectivity index (χ4n) is 1.06. The van der Waals surface area contributed by atoms with Crippen molar-refractivity contribution in [2.45, 2.75) is 12.7 Å². The molecule has 1 rings (SSSR count). The highest BCUT2D eigenvalue weighted by Crippen LogP contribution is 2.37. The van der Waals surface area contributed by atoms with Crippen LogP contribution in [0.3, 0.4) is 0 Å². The van der Waals surface area contributed by atoms with Gasteiger partial charge in [0, 0.05) is 5.56 Å². The predicted octanol–water partition coefficient (Wildman–Crippen LogP) is 3.01. The summed E-state index contributed by atoms with van der Waals surface area (Å²) in [6.45, 7) is -0.349. The van der Waals surface area contributed by atoms with E-state index in [4.69, 9.17) is 0 Å². The lowest BCUT2D eigenvalue weighted by atomic mass is 10.1. The van der Waals surface area contributed by atoms with Crippen LogP contribution in [-0.2, 0) is 17.5 Å². The monoisotopic (exact) mass is 295 g/mol. The first-order valence-electron chi connectivity index (χ1n) is 3.98. The fourth-order valence-corrected chi connectivity index (χ4v) is 1.56. The van der Waals surface area contributed by atoms with Crippen LogP contribution in [0, 0.1) is 0 Å². The van der Waals surface area contributed by atoms with E-state index in [0.717, 1.165) is 12.1 Å². The van der Waals surface area contributed by atoms with Gasteiger partial charge in [0.15, 0.2) is 0 Å². The number of rotatable bonds is 2. The standard InChI is InChI=1S/C9H5BrF3NO2/c10-7-2-6(9(11,12)13)1-5(8(7)16)3-14-4-15/h1-2,16H,3H2. The Morgan fingerprint density at radius 1 is 1.44 bits per heavy atom. The third kappa shape index (κ3) is 2.84. The van der Waals surface area contributed by atoms with Gasteiger partial charge in [0.2, 0.25) is 6.08 Å². The van der Waals surface area contributed by atoms with Gasteiger partial charge in [-0.2, -0.15) is 13.2 Å². The molecule has 0 fully saturated rings. The molecule has 86 valence electrons. The second-order valence-corrected chi connectivity index (χ2v) is 3.73. The van der Waals surface area contributed by atoms with E-state index in [1.54, 1.807) is 0 Å². The lowest BCUT2D eigenvalue weighted by Crippen LogP contribution is -2.05. The summed E-state index contributed by atoms with van der Waals surface area (Å²) >= 11 is 2.79. The molecule has 0 saturated carbocycles. The number of benzene rings is 1. The van der Waals surface area contributed by atoms with Gasteiger partial charge >= 0.3 is 6.18 Å². The van der Waals surface area contributed by atoms with Gasteiger partial charge in [-0.25, -0.2) is 9.79 Å². The molecule has 1 aromatic rings. The molecule has 0 unspecified atom stereocenters. The van der Waals surface area contributed by atoms with Gasteiger partial charge in [-0.15, -0.1) is 0 Å². The number of phenols is 1. The summed E-state index contributed by atoms with van der Waals surface area (Å²) in [5, 5.41) is 9.41. The summed E-state index contributed by atoms with van der Waals surface area (Å²) in [6, 6.07) is 1.49. The quantitative estimate of drug-likeness (QED) is 0.673. The number of phenolic OH excluding ortho intramolecular Hbond substituents is 1. The minimum atomic E-state index is -4.52. The van der Waals surface area contributed by atoms with Crippen molar-refractivity contribution >= 4 is 22.0 Å². The van der Waals surface area contributed by atoms with Gasteiger partial charge in [0.05, 0.1) is 16.6 Å². The Labute approximate surface area is 96.7 Å². The van der Waals surface area contributed by atoms with Crippen molar-refractivity contribution in [2.75, 3.05) is 0 Å². The highest BCUT2D eigenvalue weighted by molar-refractivity contribution is 9.10. The van der Waals surface area contributed by atoms with Crippen molar-refractivity contribution in [3.63, 3.8) is 0 Å². The van der Waals surface area contributed by atoms with E-state index in [2.05, 4.69) is 20.9 Å². The van der Waals surface area contributed by atoms with Gasteiger partial charge in [-0.3, -0.25) is 0 Å². The van der Waals surface area contributed by atoms with Gasteiger partial charge in [-0.1, -0.05) is 0 Å². The zero-order valence-electron chi connectivity index (χ0n) is 7.68. The lowest BCUT2D eigenvalue weighted by molar-refractivity contribution is -0.137. The van der Waals surface area contributed by atoms with Crippen molar-refractivity contribution in [1.29, 1.82) is 0 Å². The number of aliphatic imine (C=N–C) groups is 1. The zero-order valence-corrected chi connectivity index (χ0v) is 9.26. The van der Waals surface area contributed by atoms with Crippen LogP contribution in [0.5, 0.6) is 5.75 Å². The molecule has 0 aliphatic carbocycles. The van der Waals surface area contributed by atoms with Crippen LogP contribution in [0.15, 0.2) is 21.6 Å². The highest BCUT2D eigenvalue weighted by atomic mass is 79.9. The number of hydrogen-bond acceptors (Lipinski definition) is 3. The Kier molecular flexibility index (Phi) is 3.72. The van der Waals surface area contributed by atoms with Crippen LogP contribution >= 0.6 is 15.9 Å². The second kappa shape index (κ2) is 4.67. The molecule has 3 nitrogen and oxygen atoms in total. The summed E-state index contributed by atoms with van der Waals surface area (Å²) in [6.07, 6.45) is -3.33. The highest BCUT2D eigenvalue weighted by Gasteiger charge is 2.31. The molecule has 0 heterocycles. The predicted molar refractivity (Wildman–Crippen MR) is 52.6 cm³/mol. The van der Waals surface area contributed by atoms with Crippen LogP contribution in [0.25, 0.3) is 0 Å². The summed E-state index contributed by atoms with van der Waals surface area (Å²) in [5.74, 6) is -0.369. The van der Waals surface area contributed by atoms with Crippen molar-refractivity contribution in [2.24, 2.45) is 4.99 Å². The number of isocyanates is 1. The molecule has 0 atom stereocenters. The number of hydrogen-bond donors (Lipinski definition) is 1. The largest absolute Gasteiger partial charge is 0.506 e. The molecule has 0 aromatic heterocycles. The SMILES string of the molecule is O=C=NCc1cc(C(F)(F)F)cc(Br)c1O. The van der Waals surface area contributed by atoms with Crippen LogP contribution in [0.2, 0.25) is 0 Å². The van der Waals surface area contributed by atoms with E-state index in [0.29, 0.717) is 0 Å². The van der Waals surface area contributed by atoms with Crippen LogP contribution in [-0.4, -0.2) is 11.2 Å². The molecular weight excluding hydrogens is 291 g/mol. The van der Waals surface area contributed by atoms with E-state index in [-0.39, 0.29) is 22.3 Å². The molecule has 16 heavy (non-hydrogen) atoms. The Hall–Kier alpha value is -1.33. The van der Waals surface area contributed by atoms with Crippen molar-refractivity contribution < 1.29 is 23.1 Å². The van der Waals surface area contributed by atoms with E-state index < -0.39 is 11.7 Å². The van der Waals surface area contributed by atoms with Gasteiger partial charge < -0.3 is 5.11 Å². The van der Waals surface area contributed by atoms with Gasteiger partial charge in [0.1, 0.15) is 5.75 Å². The average Bonchev–Trinajstić information content (AvgIpc) is 2.18. The molecule has 0 spiro atoms. The van der Waals surface area contributed by atoms with Crippen LogP contribution in [0.1, 0.15) is 11.1 Å². The molecule has 1 N–H and O–H groups in total. The Morgan fingerprint density at radius 2 is 2.06 bits per heavy atom. The fraction of sp³-hybridized carbons (Fsp3) is 0.222. The second-order valence-electron chi connectivity index (χ2n) is 2.87. The van der Waals surface area contributed by atoms with Crippen molar-refractivity contribution in [1.82, 2.24) is 0 Å². The first-order chi connectivity index (χ1) is 7.36. The number of alkyl halides is 3. The molecule has 1 aromatic carbocycles. The smallest absolute Gasteiger partial charge is 0.416 e. The third-order valence-electron chi connectivity index (χ3n) is 1.78. The lowest BCUT2D eigenvalue weighted by Gasteiger charge is -2.10. The number of aromatic hydroxyl groups is 1. The molecule has 0 aliphatic rings. The molecule has 0 radical (unpaired) electrons. The maximum atomic E-state index is 12.4. The minimum Gasteiger partial charge on any atom is -0.506 e. The zero-order chi connectivity index (χ0) is 12.3. The molecule has 7 heteroatoms. The van der Waals surface area contributed by atoms with Crippen molar-refractivity contribution in [3.05, 3.63) is 27.7 Å². The molecule has 0 aliphatic heterocycles. The first kappa shape index (κ1) is 12.7. The van der Waals surface area contributed by atoms with Crippen molar-refractivity contribution in [3.8, 4) is 5.75 Å². The molecule has 0 bridgehead atoms. The normalized spacial score (nSPS) is 11.0. The van der Waals surface area contributed by atoms with E-state index in [9.17, 15) is 23.1 Å². The van der Waals surface area contributed by atoms with Crippen LogP contribution < -0.4 is 0 Å². The number of carbonyl (C=O) groups excluding carboxylic acids is 1. The van der Waals surface area contributed by atoms with Gasteiger partial charge in [-0.05, 0) is 28.1 Å². The molecular formula is C9H5BrF3NO2. The molecule has 0 amide bonds. The maximum absolute atomic E-state index is 12.4. The van der Waals surface area contributed by atoms with E-state index in [1.165, 1.54) is 6.08 Å². The van der Waals surface area contributed by atoms with E-state index in [1.807, 2.05) is 0 Å². The summed E-state index contributed by atoms with van der Waals surface area (Å²) in [7, 11) is 0. The topological polar surface area (TPSA) is 49.7 Å². The number of halogens is 4. The summed E-state index contributed by atoms with van der Waals surface area (Å²) in [4.78, 5) is 13.0.